The summed E-state index contributed by atoms with van der Waals surface area (Å²) in [6.45, 7) is 21.3. The van der Waals surface area contributed by atoms with Gasteiger partial charge in [0.25, 0.3) is 0 Å². The van der Waals surface area contributed by atoms with Crippen molar-refractivity contribution in [2.75, 3.05) is 0 Å². The van der Waals surface area contributed by atoms with Crippen LogP contribution in [0.3, 0.4) is 0 Å². The van der Waals surface area contributed by atoms with E-state index in [9.17, 15) is 0 Å². The zero-order chi connectivity index (χ0) is 13.1. The molecule has 0 aromatic rings. The molecule has 0 aromatic carbocycles. The first-order chi connectivity index (χ1) is 6.99. The van der Waals surface area contributed by atoms with Gasteiger partial charge in [-0.2, -0.15) is 11.8 Å². The SMILES string of the molecule is CC(C)SC(C)(C)C(C)CC(C)(C)C(C)C. The maximum absolute atomic E-state index is 2.42. The van der Waals surface area contributed by atoms with E-state index in [1.54, 1.807) is 0 Å². The highest BCUT2D eigenvalue weighted by atomic mass is 32.2. The van der Waals surface area contributed by atoms with E-state index < -0.39 is 0 Å². The van der Waals surface area contributed by atoms with Crippen LogP contribution >= 0.6 is 11.8 Å². The average Bonchev–Trinajstić information content (AvgIpc) is 1.99. The molecule has 0 spiro atoms. The minimum absolute atomic E-state index is 0.389. The predicted octanol–water partition coefficient (Wildman–Crippen LogP) is 5.62. The summed E-state index contributed by atoms with van der Waals surface area (Å²) < 4.78 is 0.389. The third-order valence-electron chi connectivity index (χ3n) is 4.12. The van der Waals surface area contributed by atoms with Gasteiger partial charge in [0, 0.05) is 4.75 Å². The fraction of sp³-hybridized carbons (Fsp3) is 1.00. The van der Waals surface area contributed by atoms with Crippen LogP contribution in [0.4, 0.5) is 0 Å². The molecule has 16 heavy (non-hydrogen) atoms. The summed E-state index contributed by atoms with van der Waals surface area (Å²) in [7, 11) is 0. The molecule has 0 amide bonds. The van der Waals surface area contributed by atoms with Gasteiger partial charge in [0.2, 0.25) is 0 Å². The van der Waals surface area contributed by atoms with Crippen molar-refractivity contribution in [3.8, 4) is 0 Å². The van der Waals surface area contributed by atoms with Gasteiger partial charge in [-0.3, -0.25) is 0 Å². The zero-order valence-electron chi connectivity index (χ0n) is 12.8. The fourth-order valence-electron chi connectivity index (χ4n) is 1.99. The van der Waals surface area contributed by atoms with Crippen LogP contribution in [-0.2, 0) is 0 Å². The Morgan fingerprint density at radius 3 is 1.62 bits per heavy atom. The Morgan fingerprint density at radius 2 is 1.31 bits per heavy atom. The van der Waals surface area contributed by atoms with Gasteiger partial charge >= 0.3 is 0 Å². The topological polar surface area (TPSA) is 0 Å². The molecule has 0 rings (SSSR count). The molecule has 0 aromatic heterocycles. The van der Waals surface area contributed by atoms with Gasteiger partial charge in [-0.25, -0.2) is 0 Å². The predicted molar refractivity (Wildman–Crippen MR) is 79.2 cm³/mol. The molecule has 0 saturated carbocycles. The molecule has 0 radical (unpaired) electrons. The Hall–Kier alpha value is 0.350. The summed E-state index contributed by atoms with van der Waals surface area (Å²) in [4.78, 5) is 0. The van der Waals surface area contributed by atoms with Crippen molar-refractivity contribution in [1.82, 2.24) is 0 Å². The average molecular weight is 244 g/mol. The molecule has 0 heterocycles. The molecule has 0 N–H and O–H groups in total. The Bertz CT molecular complexity index is 201. The quantitative estimate of drug-likeness (QED) is 0.585. The highest BCUT2D eigenvalue weighted by Gasteiger charge is 2.33. The maximum atomic E-state index is 2.42. The molecule has 1 unspecified atom stereocenters. The molecule has 0 saturated heterocycles. The summed E-state index contributed by atoms with van der Waals surface area (Å²) in [5.74, 6) is 1.52. The molecule has 0 bridgehead atoms. The Kier molecular flexibility index (Phi) is 5.92. The molecule has 0 aliphatic rings. The third kappa shape index (κ3) is 5.12. The van der Waals surface area contributed by atoms with Crippen LogP contribution in [0.5, 0.6) is 0 Å². The van der Waals surface area contributed by atoms with Crippen molar-refractivity contribution >= 4 is 11.8 Å². The highest BCUT2D eigenvalue weighted by Crippen LogP contribution is 2.43. The molecule has 0 nitrogen and oxygen atoms in total. The summed E-state index contributed by atoms with van der Waals surface area (Å²) in [6.07, 6.45) is 1.32. The lowest BCUT2D eigenvalue weighted by Crippen LogP contribution is -2.33. The molecule has 0 fully saturated rings. The van der Waals surface area contributed by atoms with Gasteiger partial charge in [0.15, 0.2) is 0 Å². The van der Waals surface area contributed by atoms with Crippen LogP contribution in [0, 0.1) is 17.3 Å². The van der Waals surface area contributed by atoms with Crippen molar-refractivity contribution in [2.24, 2.45) is 17.3 Å². The largest absolute Gasteiger partial charge is 0.153 e. The molecule has 0 aliphatic heterocycles. The number of thioether (sulfide) groups is 1. The van der Waals surface area contributed by atoms with Crippen LogP contribution in [0.25, 0.3) is 0 Å². The molecular weight excluding hydrogens is 212 g/mol. The highest BCUT2D eigenvalue weighted by molar-refractivity contribution is 8.01. The zero-order valence-corrected chi connectivity index (χ0v) is 13.7. The van der Waals surface area contributed by atoms with Crippen LogP contribution < -0.4 is 0 Å². The van der Waals surface area contributed by atoms with Gasteiger partial charge in [0.05, 0.1) is 0 Å². The fourth-order valence-corrected chi connectivity index (χ4v) is 3.52. The van der Waals surface area contributed by atoms with E-state index in [4.69, 9.17) is 0 Å². The van der Waals surface area contributed by atoms with Gasteiger partial charge in [-0.15, -0.1) is 0 Å². The van der Waals surface area contributed by atoms with E-state index in [1.807, 2.05) is 0 Å². The summed E-state index contributed by atoms with van der Waals surface area (Å²) >= 11 is 2.12. The van der Waals surface area contributed by atoms with Gasteiger partial charge in [-0.05, 0) is 28.9 Å². The minimum Gasteiger partial charge on any atom is -0.153 e. The van der Waals surface area contributed by atoms with Gasteiger partial charge < -0.3 is 0 Å². The summed E-state index contributed by atoms with van der Waals surface area (Å²) in [6, 6.07) is 0. The van der Waals surface area contributed by atoms with E-state index in [-0.39, 0.29) is 0 Å². The van der Waals surface area contributed by atoms with Gasteiger partial charge in [-0.1, -0.05) is 62.3 Å². The number of hydrogen-bond acceptors (Lipinski definition) is 1. The lowest BCUT2D eigenvalue weighted by molar-refractivity contribution is 0.179. The van der Waals surface area contributed by atoms with Crippen molar-refractivity contribution in [1.29, 1.82) is 0 Å². The second-order valence-corrected chi connectivity index (χ2v) is 9.25. The van der Waals surface area contributed by atoms with E-state index in [0.717, 1.165) is 17.1 Å². The number of rotatable bonds is 6. The van der Waals surface area contributed by atoms with Crippen LogP contribution in [0.1, 0.15) is 68.7 Å². The van der Waals surface area contributed by atoms with Crippen molar-refractivity contribution in [3.63, 3.8) is 0 Å². The van der Waals surface area contributed by atoms with E-state index in [0.29, 0.717) is 10.2 Å². The van der Waals surface area contributed by atoms with Crippen molar-refractivity contribution in [3.05, 3.63) is 0 Å². The lowest BCUT2D eigenvalue weighted by atomic mass is 9.72. The first kappa shape index (κ1) is 16.4. The second-order valence-electron chi connectivity index (χ2n) is 7.02. The van der Waals surface area contributed by atoms with E-state index in [1.165, 1.54) is 6.42 Å². The third-order valence-corrected chi connectivity index (χ3v) is 5.60. The molecular formula is C15H32S. The van der Waals surface area contributed by atoms with Crippen LogP contribution in [0.2, 0.25) is 0 Å². The minimum atomic E-state index is 0.389. The van der Waals surface area contributed by atoms with Crippen molar-refractivity contribution in [2.45, 2.75) is 78.7 Å². The normalized spacial score (nSPS) is 15.9. The maximum Gasteiger partial charge on any atom is 0.0132 e. The molecule has 1 atom stereocenters. The monoisotopic (exact) mass is 244 g/mol. The molecule has 0 aliphatic carbocycles. The summed E-state index contributed by atoms with van der Waals surface area (Å²) in [5.41, 5.74) is 0.453. The Morgan fingerprint density at radius 1 is 0.875 bits per heavy atom. The smallest absolute Gasteiger partial charge is 0.0132 e. The second kappa shape index (κ2) is 5.80. The standard InChI is InChI=1S/C15H32S/c1-11(2)14(6,7)10-13(5)15(8,9)16-12(3)4/h11-13H,10H2,1-9H3. The molecule has 1 heteroatoms. The Balaban J connectivity index is 4.50. The Labute approximate surface area is 108 Å². The first-order valence-corrected chi connectivity index (χ1v) is 7.55. The van der Waals surface area contributed by atoms with E-state index in [2.05, 4.69) is 74.1 Å². The number of hydrogen-bond donors (Lipinski definition) is 0. The first-order valence-electron chi connectivity index (χ1n) is 6.67. The van der Waals surface area contributed by atoms with Gasteiger partial charge in [0.1, 0.15) is 0 Å². The van der Waals surface area contributed by atoms with Crippen LogP contribution in [0.15, 0.2) is 0 Å². The van der Waals surface area contributed by atoms with Crippen LogP contribution in [-0.4, -0.2) is 10.00 Å². The van der Waals surface area contributed by atoms with E-state index >= 15 is 0 Å². The molecule has 98 valence electrons. The lowest BCUT2D eigenvalue weighted by Gasteiger charge is -2.39. The van der Waals surface area contributed by atoms with Crippen molar-refractivity contribution < 1.29 is 0 Å². The summed E-state index contributed by atoms with van der Waals surface area (Å²) in [5, 5.41) is 0.722.